The molecule has 0 saturated carbocycles. The van der Waals surface area contributed by atoms with E-state index in [9.17, 15) is 9.90 Å². The van der Waals surface area contributed by atoms with E-state index in [1.165, 1.54) is 24.4 Å². The molecule has 0 aliphatic heterocycles. The Kier molecular flexibility index (Phi) is 3.01. The van der Waals surface area contributed by atoms with Gasteiger partial charge in [0.05, 0.1) is 7.11 Å². The number of ether oxygens (including phenoxy) is 1. The zero-order valence-electron chi connectivity index (χ0n) is 10.1. The first kappa shape index (κ1) is 12.1. The van der Waals surface area contributed by atoms with E-state index >= 15 is 0 Å². The molecule has 1 N–H and O–H groups in total. The predicted octanol–water partition coefficient (Wildman–Crippen LogP) is 1.13. The van der Waals surface area contributed by atoms with Gasteiger partial charge in [-0.3, -0.25) is 0 Å². The summed E-state index contributed by atoms with van der Waals surface area (Å²) >= 11 is 0. The van der Waals surface area contributed by atoms with Gasteiger partial charge in [-0.15, -0.1) is 0 Å². The van der Waals surface area contributed by atoms with Gasteiger partial charge in [0, 0.05) is 5.56 Å². The number of carboxylic acid groups (broad SMARTS) is 1. The number of rotatable bonds is 4. The van der Waals surface area contributed by atoms with Crippen LogP contribution in [0, 0.1) is 0 Å². The molecular formula is C12H13N3O3. The third-order valence-corrected chi connectivity index (χ3v) is 2.92. The largest absolute Gasteiger partial charge is 0.496 e. The molecule has 0 aliphatic rings. The smallest absolute Gasteiger partial charge is 0.336 e. The van der Waals surface area contributed by atoms with Crippen molar-refractivity contribution in [3.05, 3.63) is 42.5 Å². The quantitative estimate of drug-likeness (QED) is 0.876. The molecule has 0 radical (unpaired) electrons. The van der Waals surface area contributed by atoms with Crippen molar-refractivity contribution >= 4 is 5.97 Å². The Morgan fingerprint density at radius 2 is 2.17 bits per heavy atom. The van der Waals surface area contributed by atoms with Gasteiger partial charge in [0.25, 0.3) is 0 Å². The van der Waals surface area contributed by atoms with Gasteiger partial charge in [0.1, 0.15) is 18.4 Å². The van der Waals surface area contributed by atoms with Crippen LogP contribution in [0.5, 0.6) is 5.75 Å². The standard InChI is InChI=1S/C12H13N3O3/c1-12(11(16)17,15-8-13-7-14-15)9-5-3-4-6-10(9)18-2/h3-8H,1-2H3,(H,16,17). The molecule has 0 bridgehead atoms. The Labute approximate surface area is 104 Å². The molecule has 0 amide bonds. The van der Waals surface area contributed by atoms with Gasteiger partial charge < -0.3 is 9.84 Å². The highest BCUT2D eigenvalue weighted by atomic mass is 16.5. The maximum Gasteiger partial charge on any atom is 0.336 e. The summed E-state index contributed by atoms with van der Waals surface area (Å²) in [6, 6.07) is 6.96. The van der Waals surface area contributed by atoms with Crippen LogP contribution in [0.25, 0.3) is 0 Å². The Bertz CT molecular complexity index is 553. The van der Waals surface area contributed by atoms with E-state index in [-0.39, 0.29) is 0 Å². The van der Waals surface area contributed by atoms with Crippen LogP contribution < -0.4 is 4.74 Å². The number of nitrogens with zero attached hydrogens (tertiary/aromatic N) is 3. The van der Waals surface area contributed by atoms with E-state index in [4.69, 9.17) is 4.74 Å². The Morgan fingerprint density at radius 1 is 1.44 bits per heavy atom. The van der Waals surface area contributed by atoms with Gasteiger partial charge in [-0.1, -0.05) is 18.2 Å². The van der Waals surface area contributed by atoms with E-state index < -0.39 is 11.5 Å². The van der Waals surface area contributed by atoms with Gasteiger partial charge in [-0.2, -0.15) is 5.10 Å². The van der Waals surface area contributed by atoms with Crippen LogP contribution >= 0.6 is 0 Å². The monoisotopic (exact) mass is 247 g/mol. The zero-order chi connectivity index (χ0) is 13.2. The van der Waals surface area contributed by atoms with Crippen molar-refractivity contribution in [3.8, 4) is 5.75 Å². The third kappa shape index (κ3) is 1.71. The predicted molar refractivity (Wildman–Crippen MR) is 63.4 cm³/mol. The second-order valence-corrected chi connectivity index (χ2v) is 3.92. The number of methoxy groups -OCH3 is 1. The average Bonchev–Trinajstić information content (AvgIpc) is 2.91. The lowest BCUT2D eigenvalue weighted by Gasteiger charge is -2.26. The lowest BCUT2D eigenvalue weighted by atomic mass is 9.91. The first-order chi connectivity index (χ1) is 8.60. The summed E-state index contributed by atoms with van der Waals surface area (Å²) in [6.07, 6.45) is 2.68. The second-order valence-electron chi connectivity index (χ2n) is 3.92. The lowest BCUT2D eigenvalue weighted by Crippen LogP contribution is -2.40. The van der Waals surface area contributed by atoms with Crippen molar-refractivity contribution < 1.29 is 14.6 Å². The molecule has 1 heterocycles. The summed E-state index contributed by atoms with van der Waals surface area (Å²) in [5, 5.41) is 13.5. The summed E-state index contributed by atoms with van der Waals surface area (Å²) in [5.74, 6) is -0.532. The van der Waals surface area contributed by atoms with Crippen molar-refractivity contribution in [1.29, 1.82) is 0 Å². The lowest BCUT2D eigenvalue weighted by molar-refractivity contribution is -0.145. The molecule has 6 nitrogen and oxygen atoms in total. The minimum absolute atomic E-state index is 0.498. The topological polar surface area (TPSA) is 77.2 Å². The third-order valence-electron chi connectivity index (χ3n) is 2.92. The maximum atomic E-state index is 11.6. The molecule has 2 aromatic rings. The highest BCUT2D eigenvalue weighted by molar-refractivity contribution is 5.81. The van der Waals surface area contributed by atoms with Crippen LogP contribution in [0.15, 0.2) is 36.9 Å². The van der Waals surface area contributed by atoms with Crippen molar-refractivity contribution in [3.63, 3.8) is 0 Å². The molecule has 1 aromatic heterocycles. The molecule has 1 atom stereocenters. The fourth-order valence-corrected chi connectivity index (χ4v) is 1.82. The molecule has 0 fully saturated rings. The molecule has 0 saturated heterocycles. The summed E-state index contributed by atoms with van der Waals surface area (Å²) in [4.78, 5) is 15.4. The fraction of sp³-hybridized carbons (Fsp3) is 0.250. The molecule has 2 rings (SSSR count). The Balaban J connectivity index is 2.65. The van der Waals surface area contributed by atoms with Crippen molar-refractivity contribution in [2.45, 2.75) is 12.5 Å². The van der Waals surface area contributed by atoms with Gasteiger partial charge in [-0.25, -0.2) is 14.5 Å². The van der Waals surface area contributed by atoms with Gasteiger partial charge in [0.15, 0.2) is 5.54 Å². The van der Waals surface area contributed by atoms with Crippen molar-refractivity contribution in [1.82, 2.24) is 14.8 Å². The number of benzene rings is 1. The van der Waals surface area contributed by atoms with Crippen LogP contribution in [0.1, 0.15) is 12.5 Å². The SMILES string of the molecule is COc1ccccc1C(C)(C(=O)O)n1cncn1. The van der Waals surface area contributed by atoms with E-state index in [1.54, 1.807) is 31.2 Å². The summed E-state index contributed by atoms with van der Waals surface area (Å²) in [5.41, 5.74) is -0.839. The van der Waals surface area contributed by atoms with Gasteiger partial charge in [-0.05, 0) is 13.0 Å². The Morgan fingerprint density at radius 3 is 2.72 bits per heavy atom. The number of hydrogen-bond acceptors (Lipinski definition) is 4. The molecule has 0 aliphatic carbocycles. The normalized spacial score (nSPS) is 13.9. The first-order valence-corrected chi connectivity index (χ1v) is 5.32. The molecule has 18 heavy (non-hydrogen) atoms. The minimum atomic E-state index is -1.36. The first-order valence-electron chi connectivity index (χ1n) is 5.32. The van der Waals surface area contributed by atoms with E-state index in [0.29, 0.717) is 11.3 Å². The highest BCUT2D eigenvalue weighted by Crippen LogP contribution is 2.32. The number of carbonyl (C=O) groups is 1. The molecule has 1 unspecified atom stereocenters. The summed E-state index contributed by atoms with van der Waals surface area (Å²) < 4.78 is 6.51. The van der Waals surface area contributed by atoms with E-state index in [0.717, 1.165) is 0 Å². The molecule has 1 aromatic carbocycles. The van der Waals surface area contributed by atoms with Crippen LogP contribution in [0.3, 0.4) is 0 Å². The number of aromatic nitrogens is 3. The van der Waals surface area contributed by atoms with Gasteiger partial charge in [0.2, 0.25) is 0 Å². The van der Waals surface area contributed by atoms with E-state index in [2.05, 4.69) is 10.1 Å². The van der Waals surface area contributed by atoms with E-state index in [1.807, 2.05) is 0 Å². The molecule has 94 valence electrons. The maximum absolute atomic E-state index is 11.6. The summed E-state index contributed by atoms with van der Waals surface area (Å²) in [6.45, 7) is 1.56. The summed E-state index contributed by atoms with van der Waals surface area (Å²) in [7, 11) is 1.50. The van der Waals surface area contributed by atoms with Crippen molar-refractivity contribution in [2.24, 2.45) is 0 Å². The zero-order valence-corrected chi connectivity index (χ0v) is 10.1. The van der Waals surface area contributed by atoms with Gasteiger partial charge >= 0.3 is 5.97 Å². The number of aliphatic carboxylic acids is 1. The fourth-order valence-electron chi connectivity index (χ4n) is 1.82. The molecule has 6 heteroatoms. The average molecular weight is 247 g/mol. The number of para-hydroxylation sites is 1. The minimum Gasteiger partial charge on any atom is -0.496 e. The second kappa shape index (κ2) is 4.48. The molecular weight excluding hydrogens is 234 g/mol. The van der Waals surface area contributed by atoms with Crippen LogP contribution in [-0.4, -0.2) is 33.0 Å². The molecule has 0 spiro atoms. The highest BCUT2D eigenvalue weighted by Gasteiger charge is 2.40. The Hall–Kier alpha value is -2.37. The number of carboxylic acids is 1. The van der Waals surface area contributed by atoms with Crippen LogP contribution in [0.2, 0.25) is 0 Å². The van der Waals surface area contributed by atoms with Crippen LogP contribution in [0.4, 0.5) is 0 Å². The number of hydrogen-bond donors (Lipinski definition) is 1. The van der Waals surface area contributed by atoms with Crippen molar-refractivity contribution in [2.75, 3.05) is 7.11 Å². The van der Waals surface area contributed by atoms with Crippen LogP contribution in [-0.2, 0) is 10.3 Å².